The Balaban J connectivity index is 1.19. The number of para-hydroxylation sites is 1. The predicted molar refractivity (Wildman–Crippen MR) is 119 cm³/mol. The van der Waals surface area contributed by atoms with Crippen LogP contribution in [0.4, 0.5) is 17.1 Å². The lowest BCUT2D eigenvalue weighted by Gasteiger charge is -2.20. The number of carbonyl (C=O) groups excluding carboxylic acids is 3. The van der Waals surface area contributed by atoms with Crippen LogP contribution in [0, 0.1) is 0 Å². The van der Waals surface area contributed by atoms with Crippen LogP contribution >= 0.6 is 0 Å². The van der Waals surface area contributed by atoms with E-state index in [1.807, 2.05) is 30.3 Å². The van der Waals surface area contributed by atoms with Gasteiger partial charge in [-0.3, -0.25) is 19.3 Å². The monoisotopic (exact) mass is 411 g/mol. The van der Waals surface area contributed by atoms with Crippen LogP contribution in [-0.2, 0) is 11.2 Å². The highest BCUT2D eigenvalue weighted by Gasteiger charge is 2.34. The first-order chi connectivity index (χ1) is 15.1. The minimum absolute atomic E-state index is 0.0483. The highest BCUT2D eigenvalue weighted by molar-refractivity contribution is 6.21. The van der Waals surface area contributed by atoms with Gasteiger partial charge in [0.25, 0.3) is 11.8 Å². The number of hydrogen-bond acceptors (Lipinski definition) is 4. The molecular weight excluding hydrogens is 390 g/mol. The maximum Gasteiger partial charge on any atom is 0.261 e. The molecule has 2 aliphatic rings. The molecule has 0 aromatic heterocycles. The average molecular weight is 411 g/mol. The molecule has 6 nitrogen and oxygen atoms in total. The van der Waals surface area contributed by atoms with Crippen molar-refractivity contribution in [2.45, 2.75) is 12.8 Å². The molecule has 2 aliphatic heterocycles. The fraction of sp³-hybridized carbons (Fsp3) is 0.160. The number of anilines is 3. The van der Waals surface area contributed by atoms with Crippen molar-refractivity contribution in [1.82, 2.24) is 4.90 Å². The van der Waals surface area contributed by atoms with Gasteiger partial charge in [0.15, 0.2) is 0 Å². The van der Waals surface area contributed by atoms with Gasteiger partial charge < -0.3 is 10.2 Å². The van der Waals surface area contributed by atoms with Crippen molar-refractivity contribution in [3.8, 4) is 0 Å². The molecule has 3 aromatic rings. The first-order valence-corrected chi connectivity index (χ1v) is 10.3. The zero-order valence-corrected chi connectivity index (χ0v) is 16.9. The van der Waals surface area contributed by atoms with Gasteiger partial charge in [0, 0.05) is 36.6 Å². The van der Waals surface area contributed by atoms with E-state index in [-0.39, 0.29) is 30.7 Å². The second-order valence-corrected chi connectivity index (χ2v) is 7.68. The van der Waals surface area contributed by atoms with E-state index in [9.17, 15) is 14.4 Å². The third kappa shape index (κ3) is 3.46. The molecule has 0 fully saturated rings. The maximum atomic E-state index is 12.4. The Bertz CT molecular complexity index is 1150. The van der Waals surface area contributed by atoms with E-state index in [2.05, 4.69) is 28.4 Å². The van der Waals surface area contributed by atoms with Gasteiger partial charge in [-0.2, -0.15) is 0 Å². The van der Waals surface area contributed by atoms with Crippen LogP contribution in [0.2, 0.25) is 0 Å². The number of nitrogens with zero attached hydrogens (tertiary/aromatic N) is 2. The average Bonchev–Trinajstić information content (AvgIpc) is 3.33. The quantitative estimate of drug-likeness (QED) is 0.644. The summed E-state index contributed by atoms with van der Waals surface area (Å²) in [5.74, 6) is -0.928. The third-order valence-electron chi connectivity index (χ3n) is 5.79. The van der Waals surface area contributed by atoms with Crippen LogP contribution in [0.5, 0.6) is 0 Å². The van der Waals surface area contributed by atoms with Crippen molar-refractivity contribution in [2.75, 3.05) is 23.3 Å². The second-order valence-electron chi connectivity index (χ2n) is 7.68. The number of carbonyl (C=O) groups is 3. The number of imide groups is 1. The van der Waals surface area contributed by atoms with Crippen LogP contribution in [0.3, 0.4) is 0 Å². The summed E-state index contributed by atoms with van der Waals surface area (Å²) in [6.45, 7) is 0.992. The molecule has 0 bridgehead atoms. The molecular formula is C25H21N3O3. The first kappa shape index (κ1) is 19.1. The van der Waals surface area contributed by atoms with Crippen molar-refractivity contribution >= 4 is 34.8 Å². The Morgan fingerprint density at radius 3 is 2.19 bits per heavy atom. The molecule has 154 valence electrons. The minimum Gasteiger partial charge on any atom is -0.341 e. The van der Waals surface area contributed by atoms with Crippen LogP contribution < -0.4 is 10.2 Å². The van der Waals surface area contributed by atoms with Crippen LogP contribution in [0.1, 0.15) is 32.7 Å². The highest BCUT2D eigenvalue weighted by atomic mass is 16.2. The molecule has 0 atom stereocenters. The summed E-state index contributed by atoms with van der Waals surface area (Å²) < 4.78 is 0. The van der Waals surface area contributed by atoms with Gasteiger partial charge in [0.05, 0.1) is 11.1 Å². The Morgan fingerprint density at radius 2 is 1.48 bits per heavy atom. The van der Waals surface area contributed by atoms with Gasteiger partial charge in [0.2, 0.25) is 5.91 Å². The summed E-state index contributed by atoms with van der Waals surface area (Å²) in [6, 6.07) is 22.8. The minimum atomic E-state index is -0.344. The molecule has 0 saturated carbocycles. The highest BCUT2D eigenvalue weighted by Crippen LogP contribution is 2.34. The van der Waals surface area contributed by atoms with Crippen molar-refractivity contribution in [1.29, 1.82) is 0 Å². The summed E-state index contributed by atoms with van der Waals surface area (Å²) in [5, 5.41) is 2.85. The molecule has 5 rings (SSSR count). The molecule has 0 aliphatic carbocycles. The fourth-order valence-electron chi connectivity index (χ4n) is 4.21. The molecule has 3 aromatic carbocycles. The Hall–Kier alpha value is -3.93. The van der Waals surface area contributed by atoms with E-state index in [0.29, 0.717) is 16.8 Å². The summed E-state index contributed by atoms with van der Waals surface area (Å²) in [5.41, 5.74) is 5.12. The molecule has 0 spiro atoms. The lowest BCUT2D eigenvalue weighted by molar-refractivity contribution is -0.116. The van der Waals surface area contributed by atoms with Gasteiger partial charge in [-0.15, -0.1) is 0 Å². The molecule has 3 amide bonds. The van der Waals surface area contributed by atoms with Gasteiger partial charge in [-0.05, 0) is 54.4 Å². The molecule has 2 heterocycles. The topological polar surface area (TPSA) is 69.7 Å². The first-order valence-electron chi connectivity index (χ1n) is 10.3. The van der Waals surface area contributed by atoms with Crippen molar-refractivity contribution in [2.24, 2.45) is 0 Å². The SMILES string of the molecule is O=C(CCN1C(=O)c2ccccc2C1=O)Nc1ccc(N2CCc3ccccc32)cc1. The van der Waals surface area contributed by atoms with Crippen molar-refractivity contribution < 1.29 is 14.4 Å². The summed E-state index contributed by atoms with van der Waals surface area (Å²) in [7, 11) is 0. The van der Waals surface area contributed by atoms with Gasteiger partial charge in [-0.25, -0.2) is 0 Å². The van der Waals surface area contributed by atoms with Gasteiger partial charge in [0.1, 0.15) is 0 Å². The van der Waals surface area contributed by atoms with E-state index < -0.39 is 0 Å². The van der Waals surface area contributed by atoms with Crippen LogP contribution in [0.15, 0.2) is 72.8 Å². The fourth-order valence-corrected chi connectivity index (χ4v) is 4.21. The standard InChI is InChI=1S/C25H21N3O3/c29-23(14-16-28-24(30)20-6-2-3-7-21(20)25(28)31)26-18-9-11-19(12-10-18)27-15-13-17-5-1-4-8-22(17)27/h1-12H,13-16H2,(H,26,29). The zero-order chi connectivity index (χ0) is 21.4. The molecule has 6 heteroatoms. The summed E-state index contributed by atoms with van der Waals surface area (Å²) >= 11 is 0. The molecule has 0 saturated heterocycles. The lowest BCUT2D eigenvalue weighted by Crippen LogP contribution is -2.32. The number of nitrogens with one attached hydrogen (secondary N) is 1. The Kier molecular flexibility index (Phi) is 4.75. The molecule has 1 N–H and O–H groups in total. The third-order valence-corrected chi connectivity index (χ3v) is 5.79. The molecule has 0 unspecified atom stereocenters. The van der Waals surface area contributed by atoms with Crippen molar-refractivity contribution in [3.63, 3.8) is 0 Å². The Morgan fingerprint density at radius 1 is 0.839 bits per heavy atom. The number of benzene rings is 3. The van der Waals surface area contributed by atoms with E-state index >= 15 is 0 Å². The smallest absolute Gasteiger partial charge is 0.261 e. The summed E-state index contributed by atoms with van der Waals surface area (Å²) in [6.07, 6.45) is 1.07. The Labute approximate surface area is 180 Å². The zero-order valence-electron chi connectivity index (χ0n) is 16.9. The number of hydrogen-bond donors (Lipinski definition) is 1. The number of amides is 3. The van der Waals surface area contributed by atoms with Crippen LogP contribution in [-0.4, -0.2) is 35.7 Å². The largest absolute Gasteiger partial charge is 0.341 e. The van der Waals surface area contributed by atoms with Crippen LogP contribution in [0.25, 0.3) is 0 Å². The number of fused-ring (bicyclic) bond motifs is 2. The normalized spacial score (nSPS) is 14.6. The van der Waals surface area contributed by atoms with E-state index in [0.717, 1.165) is 23.6 Å². The van der Waals surface area contributed by atoms with E-state index in [1.165, 1.54) is 11.3 Å². The maximum absolute atomic E-state index is 12.4. The van der Waals surface area contributed by atoms with E-state index in [1.54, 1.807) is 24.3 Å². The predicted octanol–water partition coefficient (Wildman–Crippen LogP) is 4.01. The number of rotatable bonds is 5. The molecule has 0 radical (unpaired) electrons. The molecule has 31 heavy (non-hydrogen) atoms. The lowest BCUT2D eigenvalue weighted by atomic mass is 10.1. The van der Waals surface area contributed by atoms with E-state index in [4.69, 9.17) is 0 Å². The summed E-state index contributed by atoms with van der Waals surface area (Å²) in [4.78, 5) is 40.6. The van der Waals surface area contributed by atoms with Gasteiger partial charge >= 0.3 is 0 Å². The second kappa shape index (κ2) is 7.72. The van der Waals surface area contributed by atoms with Gasteiger partial charge in [-0.1, -0.05) is 30.3 Å². The van der Waals surface area contributed by atoms with Crippen molar-refractivity contribution in [3.05, 3.63) is 89.5 Å².